The summed E-state index contributed by atoms with van der Waals surface area (Å²) in [5.41, 5.74) is 5.57. The number of aliphatic carboxylic acids is 1. The maximum Gasteiger partial charge on any atom is 0.451 e. The van der Waals surface area contributed by atoms with E-state index in [-0.39, 0.29) is 31.1 Å². The van der Waals surface area contributed by atoms with Crippen LogP contribution in [0.5, 0.6) is 0 Å². The number of carboxylic acids is 1. The van der Waals surface area contributed by atoms with Crippen molar-refractivity contribution >= 4 is 19.0 Å². The number of nitrogens with one attached hydrogen (secondary N) is 1. The normalized spacial score (nSPS) is 13.9. The van der Waals surface area contributed by atoms with Crippen LogP contribution in [0, 0.1) is 11.8 Å². The Balaban J connectivity index is 4.52. The van der Waals surface area contributed by atoms with Crippen molar-refractivity contribution in [3.05, 3.63) is 0 Å². The summed E-state index contributed by atoms with van der Waals surface area (Å²) in [5.74, 6) is -1.72. The van der Waals surface area contributed by atoms with Gasteiger partial charge in [-0.1, -0.05) is 20.3 Å². The van der Waals surface area contributed by atoms with Crippen molar-refractivity contribution in [1.82, 2.24) is 5.32 Å². The van der Waals surface area contributed by atoms with Gasteiger partial charge in [-0.15, -0.1) is 0 Å². The molecular formula is C12H25BN2O5. The average molecular weight is 288 g/mol. The highest BCUT2D eigenvalue weighted by Gasteiger charge is 2.28. The van der Waals surface area contributed by atoms with Crippen LogP contribution in [0.2, 0.25) is 6.32 Å². The van der Waals surface area contributed by atoms with Crippen molar-refractivity contribution in [1.29, 1.82) is 0 Å². The monoisotopic (exact) mass is 288 g/mol. The molecule has 0 saturated heterocycles. The van der Waals surface area contributed by atoms with Gasteiger partial charge < -0.3 is 26.2 Å². The maximum atomic E-state index is 11.7. The van der Waals surface area contributed by atoms with Gasteiger partial charge in [0.1, 0.15) is 6.04 Å². The van der Waals surface area contributed by atoms with Crippen LogP contribution in [0.25, 0.3) is 0 Å². The molecule has 0 aromatic rings. The summed E-state index contributed by atoms with van der Waals surface area (Å²) in [6.07, 6.45) is 1.26. The second-order valence-electron chi connectivity index (χ2n) is 5.39. The van der Waals surface area contributed by atoms with Crippen LogP contribution >= 0.6 is 0 Å². The average Bonchev–Trinajstić information content (AvgIpc) is 2.30. The van der Waals surface area contributed by atoms with Crippen LogP contribution in [-0.2, 0) is 9.59 Å². The third kappa shape index (κ3) is 8.14. The second-order valence-corrected chi connectivity index (χ2v) is 5.39. The zero-order valence-corrected chi connectivity index (χ0v) is 12.1. The van der Waals surface area contributed by atoms with Gasteiger partial charge in [-0.2, -0.15) is 0 Å². The summed E-state index contributed by atoms with van der Waals surface area (Å²) < 4.78 is 0. The van der Waals surface area contributed by atoms with Gasteiger partial charge in [-0.05, 0) is 25.2 Å². The fraction of sp³-hybridized carbons (Fsp3) is 0.833. The van der Waals surface area contributed by atoms with Crippen LogP contribution in [0.1, 0.15) is 33.1 Å². The molecule has 0 bridgehead atoms. The number of hydrogen-bond donors (Lipinski definition) is 5. The van der Waals surface area contributed by atoms with Gasteiger partial charge in [0, 0.05) is 12.3 Å². The zero-order valence-electron chi connectivity index (χ0n) is 12.1. The molecule has 0 aliphatic heterocycles. The van der Waals surface area contributed by atoms with E-state index < -0.39 is 25.0 Å². The summed E-state index contributed by atoms with van der Waals surface area (Å²) in [7, 11) is -1.41. The lowest BCUT2D eigenvalue weighted by Gasteiger charge is -2.24. The molecule has 0 aliphatic rings. The van der Waals surface area contributed by atoms with Crippen molar-refractivity contribution in [2.75, 3.05) is 6.54 Å². The molecule has 0 heterocycles. The highest BCUT2D eigenvalue weighted by Crippen LogP contribution is 2.14. The maximum absolute atomic E-state index is 11.7. The van der Waals surface area contributed by atoms with Gasteiger partial charge >= 0.3 is 13.1 Å². The van der Waals surface area contributed by atoms with Crippen LogP contribution in [0.15, 0.2) is 0 Å². The van der Waals surface area contributed by atoms with Gasteiger partial charge in [0.05, 0.1) is 0 Å². The van der Waals surface area contributed by atoms with Crippen molar-refractivity contribution in [3.63, 3.8) is 0 Å². The van der Waals surface area contributed by atoms with E-state index in [1.807, 2.05) is 13.8 Å². The van der Waals surface area contributed by atoms with E-state index in [1.54, 1.807) is 0 Å². The SMILES string of the molecule is CC(C)CC(=O)N[C@H](C(=O)O)[C@H](CN)CCCB(O)O. The Bertz CT molecular complexity index is 312. The minimum atomic E-state index is -1.41. The molecule has 20 heavy (non-hydrogen) atoms. The summed E-state index contributed by atoms with van der Waals surface area (Å²) in [4.78, 5) is 22.9. The molecule has 1 amide bonds. The number of carboxylic acid groups (broad SMARTS) is 1. The predicted octanol–water partition coefficient (Wildman–Crippen LogP) is -0.570. The van der Waals surface area contributed by atoms with Crippen molar-refractivity contribution in [3.8, 4) is 0 Å². The molecule has 0 saturated carbocycles. The summed E-state index contributed by atoms with van der Waals surface area (Å²) in [5, 5.41) is 29.2. The van der Waals surface area contributed by atoms with Gasteiger partial charge in [0.25, 0.3) is 0 Å². The van der Waals surface area contributed by atoms with Crippen LogP contribution in [0.4, 0.5) is 0 Å². The molecule has 7 nitrogen and oxygen atoms in total. The van der Waals surface area contributed by atoms with E-state index in [2.05, 4.69) is 5.32 Å². The van der Waals surface area contributed by atoms with Crippen LogP contribution in [-0.4, -0.2) is 46.7 Å². The molecule has 0 fully saturated rings. The highest BCUT2D eigenvalue weighted by atomic mass is 16.4. The first-order valence-electron chi connectivity index (χ1n) is 6.86. The van der Waals surface area contributed by atoms with Crippen molar-refractivity contribution < 1.29 is 24.7 Å². The third-order valence-corrected chi connectivity index (χ3v) is 2.99. The standard InChI is InChI=1S/C12H25BN2O5/c1-8(2)6-10(16)15-11(12(17)18)9(7-14)4-3-5-13(19)20/h8-9,11,19-20H,3-7,14H2,1-2H3,(H,15,16)(H,17,18)/t9-,11-/m0/s1. The Morgan fingerprint density at radius 1 is 1.30 bits per heavy atom. The first-order valence-corrected chi connectivity index (χ1v) is 6.86. The summed E-state index contributed by atoms with van der Waals surface area (Å²) in [6.45, 7) is 3.86. The molecule has 2 atom stereocenters. The topological polar surface area (TPSA) is 133 Å². The molecule has 0 rings (SSSR count). The molecule has 8 heteroatoms. The van der Waals surface area contributed by atoms with E-state index in [0.717, 1.165) is 0 Å². The number of hydrogen-bond acceptors (Lipinski definition) is 5. The molecular weight excluding hydrogens is 263 g/mol. The van der Waals surface area contributed by atoms with Crippen molar-refractivity contribution in [2.24, 2.45) is 17.6 Å². The molecule has 0 aromatic carbocycles. The molecule has 6 N–H and O–H groups in total. The minimum Gasteiger partial charge on any atom is -0.480 e. The number of carbonyl (C=O) groups is 2. The Morgan fingerprint density at radius 3 is 2.30 bits per heavy atom. The van der Waals surface area contributed by atoms with E-state index >= 15 is 0 Å². The third-order valence-electron chi connectivity index (χ3n) is 2.99. The first kappa shape index (κ1) is 18.9. The zero-order chi connectivity index (χ0) is 15.7. The fourth-order valence-corrected chi connectivity index (χ4v) is 1.97. The van der Waals surface area contributed by atoms with E-state index in [9.17, 15) is 14.7 Å². The summed E-state index contributed by atoms with van der Waals surface area (Å²) in [6, 6.07) is -1.04. The number of rotatable bonds is 10. The summed E-state index contributed by atoms with van der Waals surface area (Å²) >= 11 is 0. The van der Waals surface area contributed by atoms with Crippen molar-refractivity contribution in [2.45, 2.75) is 45.5 Å². The van der Waals surface area contributed by atoms with E-state index in [4.69, 9.17) is 15.8 Å². The predicted molar refractivity (Wildman–Crippen MR) is 75.8 cm³/mol. The van der Waals surface area contributed by atoms with Crippen LogP contribution < -0.4 is 11.1 Å². The lowest BCUT2D eigenvalue weighted by molar-refractivity contribution is -0.143. The molecule has 0 aromatic heterocycles. The largest absolute Gasteiger partial charge is 0.480 e. The van der Waals surface area contributed by atoms with E-state index in [0.29, 0.717) is 12.8 Å². The molecule has 0 spiro atoms. The Morgan fingerprint density at radius 2 is 1.90 bits per heavy atom. The minimum absolute atomic E-state index is 0.112. The first-order chi connectivity index (χ1) is 9.27. The lowest BCUT2D eigenvalue weighted by Crippen LogP contribution is -2.48. The van der Waals surface area contributed by atoms with Gasteiger partial charge in [-0.25, -0.2) is 4.79 Å². The number of nitrogens with two attached hydrogens (primary N) is 1. The van der Waals surface area contributed by atoms with Gasteiger partial charge in [0.15, 0.2) is 0 Å². The Hall–Kier alpha value is -1.12. The molecule has 0 aliphatic carbocycles. The Labute approximate surface area is 119 Å². The fourth-order valence-electron chi connectivity index (χ4n) is 1.97. The van der Waals surface area contributed by atoms with Gasteiger partial charge in [0.2, 0.25) is 5.91 Å². The molecule has 116 valence electrons. The smallest absolute Gasteiger partial charge is 0.451 e. The second kappa shape index (κ2) is 9.74. The molecule has 0 unspecified atom stereocenters. The molecule has 0 radical (unpaired) electrons. The quantitative estimate of drug-likeness (QED) is 0.342. The van der Waals surface area contributed by atoms with Crippen LogP contribution in [0.3, 0.4) is 0 Å². The highest BCUT2D eigenvalue weighted by molar-refractivity contribution is 6.40. The van der Waals surface area contributed by atoms with E-state index in [1.165, 1.54) is 0 Å². The van der Waals surface area contributed by atoms with Gasteiger partial charge in [-0.3, -0.25) is 4.79 Å². The lowest BCUT2D eigenvalue weighted by atomic mass is 9.81. The number of carbonyl (C=O) groups excluding carboxylic acids is 1. The Kier molecular flexibility index (Phi) is 9.19. The number of amides is 1.